The predicted molar refractivity (Wildman–Crippen MR) is 65.5 cm³/mol. The van der Waals surface area contributed by atoms with Gasteiger partial charge in [0.05, 0.1) is 5.01 Å². The molecule has 0 fully saturated rings. The SMILES string of the molecule is Cc1ncc(CNCc2cc(O)cc(F)c2)s1. The monoisotopic (exact) mass is 252 g/mol. The molecule has 0 bridgehead atoms. The minimum atomic E-state index is -0.421. The molecule has 2 rings (SSSR count). The summed E-state index contributed by atoms with van der Waals surface area (Å²) in [6.45, 7) is 3.17. The van der Waals surface area contributed by atoms with E-state index in [2.05, 4.69) is 10.3 Å². The molecule has 1 aromatic carbocycles. The molecule has 0 amide bonds. The second kappa shape index (κ2) is 5.25. The van der Waals surface area contributed by atoms with Crippen molar-refractivity contribution in [1.82, 2.24) is 10.3 Å². The Kier molecular flexibility index (Phi) is 3.71. The van der Waals surface area contributed by atoms with Gasteiger partial charge in [0.15, 0.2) is 0 Å². The molecule has 0 saturated heterocycles. The molecular formula is C12H13FN2OS. The van der Waals surface area contributed by atoms with Crippen LogP contribution in [-0.4, -0.2) is 10.1 Å². The van der Waals surface area contributed by atoms with Crippen molar-refractivity contribution in [3.8, 4) is 5.75 Å². The van der Waals surface area contributed by atoms with Gasteiger partial charge < -0.3 is 10.4 Å². The van der Waals surface area contributed by atoms with Gasteiger partial charge in [0, 0.05) is 30.2 Å². The molecule has 2 aromatic rings. The Morgan fingerprint density at radius 2 is 2.18 bits per heavy atom. The Labute approximate surface area is 103 Å². The largest absolute Gasteiger partial charge is 0.508 e. The molecule has 90 valence electrons. The summed E-state index contributed by atoms with van der Waals surface area (Å²) >= 11 is 1.63. The third-order valence-corrected chi connectivity index (χ3v) is 3.15. The number of hydrogen-bond donors (Lipinski definition) is 2. The Balaban J connectivity index is 1.89. The molecule has 0 aliphatic heterocycles. The molecule has 1 aromatic heterocycles. The molecule has 0 unspecified atom stereocenters. The summed E-state index contributed by atoms with van der Waals surface area (Å²) in [6, 6.07) is 4.05. The highest BCUT2D eigenvalue weighted by molar-refractivity contribution is 7.11. The Hall–Kier alpha value is -1.46. The number of nitrogens with one attached hydrogen (secondary N) is 1. The highest BCUT2D eigenvalue weighted by Gasteiger charge is 2.01. The zero-order chi connectivity index (χ0) is 12.3. The Morgan fingerprint density at radius 1 is 1.35 bits per heavy atom. The maximum Gasteiger partial charge on any atom is 0.127 e. The van der Waals surface area contributed by atoms with Crippen molar-refractivity contribution in [1.29, 1.82) is 0 Å². The average Bonchev–Trinajstić information content (AvgIpc) is 2.63. The van der Waals surface area contributed by atoms with Gasteiger partial charge in [-0.05, 0) is 24.6 Å². The number of benzene rings is 1. The zero-order valence-corrected chi connectivity index (χ0v) is 10.2. The molecule has 0 radical (unpaired) electrons. The summed E-state index contributed by atoms with van der Waals surface area (Å²) in [5.74, 6) is -0.467. The number of nitrogens with zero attached hydrogens (tertiary/aromatic N) is 1. The van der Waals surface area contributed by atoms with Crippen molar-refractivity contribution in [2.75, 3.05) is 0 Å². The minimum Gasteiger partial charge on any atom is -0.508 e. The summed E-state index contributed by atoms with van der Waals surface area (Å²) in [4.78, 5) is 5.29. The van der Waals surface area contributed by atoms with Gasteiger partial charge in [0.2, 0.25) is 0 Å². The van der Waals surface area contributed by atoms with E-state index in [-0.39, 0.29) is 5.75 Å². The van der Waals surface area contributed by atoms with Crippen molar-refractivity contribution in [2.24, 2.45) is 0 Å². The average molecular weight is 252 g/mol. The summed E-state index contributed by atoms with van der Waals surface area (Å²) in [6.07, 6.45) is 1.83. The first kappa shape index (κ1) is 12.0. The maximum absolute atomic E-state index is 13.0. The van der Waals surface area contributed by atoms with E-state index in [9.17, 15) is 9.50 Å². The zero-order valence-electron chi connectivity index (χ0n) is 9.40. The van der Waals surface area contributed by atoms with Crippen LogP contribution in [0.15, 0.2) is 24.4 Å². The van der Waals surface area contributed by atoms with Crippen molar-refractivity contribution < 1.29 is 9.50 Å². The van der Waals surface area contributed by atoms with Gasteiger partial charge in [-0.25, -0.2) is 9.37 Å². The molecule has 0 saturated carbocycles. The number of thiazole rings is 1. The predicted octanol–water partition coefficient (Wildman–Crippen LogP) is 2.59. The van der Waals surface area contributed by atoms with Crippen LogP contribution in [0.2, 0.25) is 0 Å². The van der Waals surface area contributed by atoms with Crippen LogP contribution >= 0.6 is 11.3 Å². The lowest BCUT2D eigenvalue weighted by Gasteiger charge is -2.04. The fourth-order valence-electron chi connectivity index (χ4n) is 1.55. The van der Waals surface area contributed by atoms with Crippen LogP contribution in [0.3, 0.4) is 0 Å². The highest BCUT2D eigenvalue weighted by Crippen LogP contribution is 2.15. The van der Waals surface area contributed by atoms with Crippen LogP contribution in [0.4, 0.5) is 4.39 Å². The van der Waals surface area contributed by atoms with E-state index in [0.717, 1.165) is 21.5 Å². The van der Waals surface area contributed by atoms with Gasteiger partial charge in [-0.15, -0.1) is 11.3 Å². The Bertz CT molecular complexity index is 493. The third-order valence-electron chi connectivity index (χ3n) is 2.24. The van der Waals surface area contributed by atoms with Crippen LogP contribution in [0, 0.1) is 12.7 Å². The third kappa shape index (κ3) is 3.51. The first-order valence-electron chi connectivity index (χ1n) is 5.24. The van der Waals surface area contributed by atoms with E-state index in [0.29, 0.717) is 13.1 Å². The van der Waals surface area contributed by atoms with Crippen molar-refractivity contribution in [2.45, 2.75) is 20.0 Å². The number of halogens is 1. The summed E-state index contributed by atoms with van der Waals surface area (Å²) in [5, 5.41) is 13.4. The Morgan fingerprint density at radius 3 is 2.82 bits per heavy atom. The second-order valence-corrected chi connectivity index (χ2v) is 5.09. The molecule has 0 spiro atoms. The van der Waals surface area contributed by atoms with E-state index in [4.69, 9.17) is 0 Å². The van der Waals surface area contributed by atoms with Gasteiger partial charge in [0.1, 0.15) is 11.6 Å². The van der Waals surface area contributed by atoms with Crippen LogP contribution in [0.1, 0.15) is 15.4 Å². The van der Waals surface area contributed by atoms with Gasteiger partial charge in [0.25, 0.3) is 0 Å². The normalized spacial score (nSPS) is 10.7. The van der Waals surface area contributed by atoms with Gasteiger partial charge in [-0.2, -0.15) is 0 Å². The fraction of sp³-hybridized carbons (Fsp3) is 0.250. The van der Waals surface area contributed by atoms with E-state index < -0.39 is 5.82 Å². The lowest BCUT2D eigenvalue weighted by atomic mass is 10.2. The van der Waals surface area contributed by atoms with Crippen molar-refractivity contribution >= 4 is 11.3 Å². The molecular weight excluding hydrogens is 239 g/mol. The number of hydrogen-bond acceptors (Lipinski definition) is 4. The first-order valence-corrected chi connectivity index (χ1v) is 6.05. The standard InChI is InChI=1S/C12H13FN2OS/c1-8-15-7-12(17-8)6-14-5-9-2-10(13)4-11(16)3-9/h2-4,7,14,16H,5-6H2,1H3. The molecule has 0 aliphatic carbocycles. The van der Waals surface area contributed by atoms with Gasteiger partial charge >= 0.3 is 0 Å². The van der Waals surface area contributed by atoms with Gasteiger partial charge in [-0.1, -0.05) is 0 Å². The molecule has 2 N–H and O–H groups in total. The fourth-order valence-corrected chi connectivity index (χ4v) is 2.32. The molecule has 1 heterocycles. The van der Waals surface area contributed by atoms with Crippen LogP contribution in [-0.2, 0) is 13.1 Å². The van der Waals surface area contributed by atoms with Crippen LogP contribution in [0.5, 0.6) is 5.75 Å². The molecule has 0 atom stereocenters. The lowest BCUT2D eigenvalue weighted by Crippen LogP contribution is -2.11. The second-order valence-electron chi connectivity index (χ2n) is 3.77. The smallest absolute Gasteiger partial charge is 0.127 e. The number of aromatic nitrogens is 1. The van der Waals surface area contributed by atoms with Crippen LogP contribution in [0.25, 0.3) is 0 Å². The summed E-state index contributed by atoms with van der Waals surface area (Å²) in [7, 11) is 0. The first-order chi connectivity index (χ1) is 8.13. The van der Waals surface area contributed by atoms with Crippen molar-refractivity contribution in [3.63, 3.8) is 0 Å². The highest BCUT2D eigenvalue weighted by atomic mass is 32.1. The van der Waals surface area contributed by atoms with Gasteiger partial charge in [-0.3, -0.25) is 0 Å². The van der Waals surface area contributed by atoms with E-state index in [1.165, 1.54) is 6.07 Å². The number of phenols is 1. The van der Waals surface area contributed by atoms with Crippen LogP contribution < -0.4 is 5.32 Å². The maximum atomic E-state index is 13.0. The number of aryl methyl sites for hydroxylation is 1. The molecule has 5 heteroatoms. The minimum absolute atomic E-state index is 0.0459. The summed E-state index contributed by atoms with van der Waals surface area (Å²) < 4.78 is 13.0. The van der Waals surface area contributed by atoms with E-state index in [1.54, 1.807) is 17.4 Å². The number of aromatic hydroxyl groups is 1. The number of phenolic OH excluding ortho intramolecular Hbond substituents is 1. The quantitative estimate of drug-likeness (QED) is 0.879. The van der Waals surface area contributed by atoms with E-state index >= 15 is 0 Å². The topological polar surface area (TPSA) is 45.2 Å². The van der Waals surface area contributed by atoms with Crippen molar-refractivity contribution in [3.05, 3.63) is 45.7 Å². The van der Waals surface area contributed by atoms with E-state index in [1.807, 2.05) is 13.1 Å². The molecule has 0 aliphatic rings. The molecule has 17 heavy (non-hydrogen) atoms. The molecule has 3 nitrogen and oxygen atoms in total. The number of rotatable bonds is 4. The summed E-state index contributed by atoms with van der Waals surface area (Å²) in [5.41, 5.74) is 0.726. The lowest BCUT2D eigenvalue weighted by molar-refractivity contribution is 0.467.